The maximum Gasteiger partial charge on any atom is 0.307 e. The van der Waals surface area contributed by atoms with E-state index in [9.17, 15) is 14.7 Å². The highest BCUT2D eigenvalue weighted by molar-refractivity contribution is 5.70. The number of hydrogen-bond donors (Lipinski definition) is 1. The summed E-state index contributed by atoms with van der Waals surface area (Å²) in [5.41, 5.74) is 1.26. The average Bonchev–Trinajstić information content (AvgIpc) is 2.56. The van der Waals surface area contributed by atoms with Crippen LogP contribution >= 0.6 is 0 Å². The van der Waals surface area contributed by atoms with E-state index in [0.717, 1.165) is 12.3 Å². The molecule has 5 atom stereocenters. The van der Waals surface area contributed by atoms with Gasteiger partial charge < -0.3 is 9.84 Å². The number of aliphatic carboxylic acids is 1. The minimum absolute atomic E-state index is 0.0594. The van der Waals surface area contributed by atoms with Gasteiger partial charge in [-0.05, 0) is 59.8 Å². The molecule has 2 rings (SSSR count). The number of rotatable bonds is 6. The zero-order chi connectivity index (χ0) is 19.5. The van der Waals surface area contributed by atoms with Crippen LogP contribution in [0.5, 0.6) is 0 Å². The molecule has 148 valence electrons. The Labute approximate surface area is 158 Å². The molecule has 2 aliphatic carbocycles. The summed E-state index contributed by atoms with van der Waals surface area (Å²) in [6, 6.07) is 0. The second kappa shape index (κ2) is 8.14. The highest BCUT2D eigenvalue weighted by Crippen LogP contribution is 2.62. The van der Waals surface area contributed by atoms with Crippen LogP contribution in [-0.2, 0) is 14.3 Å². The minimum Gasteiger partial charge on any atom is -0.481 e. The van der Waals surface area contributed by atoms with Crippen molar-refractivity contribution in [2.24, 2.45) is 28.6 Å². The molecule has 0 heterocycles. The van der Waals surface area contributed by atoms with Crippen molar-refractivity contribution in [3.63, 3.8) is 0 Å². The Hall–Kier alpha value is -1.32. The lowest BCUT2D eigenvalue weighted by Crippen LogP contribution is -2.52. The number of carboxylic acids is 1. The number of carbonyl (C=O) groups is 2. The first-order chi connectivity index (χ1) is 12.1. The Bertz CT molecular complexity index is 566. The summed E-state index contributed by atoms with van der Waals surface area (Å²) in [5, 5.41) is 9.18. The maximum absolute atomic E-state index is 11.2. The van der Waals surface area contributed by atoms with Gasteiger partial charge in [0.1, 0.15) is 6.61 Å². The zero-order valence-electron chi connectivity index (χ0n) is 17.1. The van der Waals surface area contributed by atoms with Gasteiger partial charge in [0, 0.05) is 6.92 Å². The van der Waals surface area contributed by atoms with Crippen LogP contribution in [0.15, 0.2) is 11.6 Å². The molecule has 0 aromatic heterocycles. The highest BCUT2D eigenvalue weighted by atomic mass is 16.5. The molecular weight excluding hydrogens is 328 g/mol. The quantitative estimate of drug-likeness (QED) is 0.518. The molecule has 0 spiro atoms. The summed E-state index contributed by atoms with van der Waals surface area (Å²) in [7, 11) is 0. The molecule has 2 fully saturated rings. The molecule has 2 aliphatic rings. The summed E-state index contributed by atoms with van der Waals surface area (Å²) in [4.78, 5) is 22.3. The minimum atomic E-state index is -0.874. The first kappa shape index (κ1) is 21.0. The van der Waals surface area contributed by atoms with Crippen LogP contribution in [0.3, 0.4) is 0 Å². The van der Waals surface area contributed by atoms with Gasteiger partial charge in [0.05, 0.1) is 6.42 Å². The molecule has 0 aliphatic heterocycles. The molecule has 1 N–H and O–H groups in total. The smallest absolute Gasteiger partial charge is 0.307 e. The Morgan fingerprint density at radius 3 is 2.46 bits per heavy atom. The van der Waals surface area contributed by atoms with E-state index in [4.69, 9.17) is 4.74 Å². The van der Waals surface area contributed by atoms with Crippen molar-refractivity contribution in [2.75, 3.05) is 6.61 Å². The SMILES string of the molecule is CC(=O)OC/C(=C/C[C@]1(C)[C@H]2CCC[C@@H](C)[C@]2(C)CC[C@H]1C)CC(=O)O. The predicted molar refractivity (Wildman–Crippen MR) is 103 cm³/mol. The van der Waals surface area contributed by atoms with Crippen LogP contribution in [-0.4, -0.2) is 23.7 Å². The summed E-state index contributed by atoms with van der Waals surface area (Å²) < 4.78 is 5.08. The van der Waals surface area contributed by atoms with E-state index in [2.05, 4.69) is 33.8 Å². The first-order valence-corrected chi connectivity index (χ1v) is 10.1. The molecule has 0 radical (unpaired) electrons. The molecule has 4 heteroatoms. The van der Waals surface area contributed by atoms with E-state index in [-0.39, 0.29) is 24.4 Å². The van der Waals surface area contributed by atoms with Gasteiger partial charge in [-0.25, -0.2) is 0 Å². The van der Waals surface area contributed by atoms with Gasteiger partial charge in [-0.15, -0.1) is 0 Å². The Morgan fingerprint density at radius 2 is 1.85 bits per heavy atom. The van der Waals surface area contributed by atoms with Gasteiger partial charge in [-0.2, -0.15) is 0 Å². The first-order valence-electron chi connectivity index (χ1n) is 10.1. The Morgan fingerprint density at radius 1 is 1.15 bits per heavy atom. The van der Waals surface area contributed by atoms with Crippen molar-refractivity contribution >= 4 is 11.9 Å². The lowest BCUT2D eigenvalue weighted by atomic mass is 9.45. The largest absolute Gasteiger partial charge is 0.481 e. The standard InChI is InChI=1S/C22H36O4/c1-15-7-6-8-19-21(15,4)11-9-16(2)22(19,5)12-10-18(13-20(24)25)14-26-17(3)23/h10,15-16,19H,6-9,11-14H2,1-5H3,(H,24,25)/b18-10+/t15-,16-,19+,21+,22+/m1/s1. The van der Waals surface area contributed by atoms with Crippen LogP contribution in [0, 0.1) is 28.6 Å². The van der Waals surface area contributed by atoms with E-state index in [1.54, 1.807) is 0 Å². The second-order valence-corrected chi connectivity index (χ2v) is 9.25. The fourth-order valence-corrected chi connectivity index (χ4v) is 5.61. The predicted octanol–water partition coefficient (Wildman–Crippen LogP) is 5.22. The third-order valence-electron chi connectivity index (χ3n) is 7.76. The molecular formula is C22H36O4. The summed E-state index contributed by atoms with van der Waals surface area (Å²) in [6.45, 7) is 11.1. The van der Waals surface area contributed by atoms with Gasteiger partial charge in [-0.3, -0.25) is 9.59 Å². The summed E-state index contributed by atoms with van der Waals surface area (Å²) in [5.74, 6) is 0.783. The normalized spacial score (nSPS) is 37.7. The number of hydrogen-bond acceptors (Lipinski definition) is 3. The molecule has 0 bridgehead atoms. The van der Waals surface area contributed by atoms with E-state index in [0.29, 0.717) is 22.8 Å². The number of ether oxygens (including phenoxy) is 1. The number of carboxylic acid groups (broad SMARTS) is 1. The van der Waals surface area contributed by atoms with Crippen LogP contribution in [0.25, 0.3) is 0 Å². The fraction of sp³-hybridized carbons (Fsp3) is 0.818. The van der Waals surface area contributed by atoms with Crippen molar-refractivity contribution in [2.45, 2.75) is 79.6 Å². The van der Waals surface area contributed by atoms with Crippen molar-refractivity contribution < 1.29 is 19.4 Å². The molecule has 4 nitrogen and oxygen atoms in total. The molecule has 2 saturated carbocycles. The molecule has 26 heavy (non-hydrogen) atoms. The summed E-state index contributed by atoms with van der Waals surface area (Å²) >= 11 is 0. The van der Waals surface area contributed by atoms with Gasteiger partial charge >= 0.3 is 11.9 Å². The zero-order valence-corrected chi connectivity index (χ0v) is 17.1. The van der Waals surface area contributed by atoms with Gasteiger partial charge in [0.25, 0.3) is 0 Å². The number of fused-ring (bicyclic) bond motifs is 1. The molecule has 0 amide bonds. The van der Waals surface area contributed by atoms with Crippen molar-refractivity contribution in [1.82, 2.24) is 0 Å². The van der Waals surface area contributed by atoms with E-state index < -0.39 is 5.97 Å². The van der Waals surface area contributed by atoms with Crippen LogP contribution in [0.2, 0.25) is 0 Å². The Kier molecular flexibility index (Phi) is 6.57. The Balaban J connectivity index is 2.24. The van der Waals surface area contributed by atoms with Crippen molar-refractivity contribution in [3.8, 4) is 0 Å². The van der Waals surface area contributed by atoms with E-state index >= 15 is 0 Å². The maximum atomic E-state index is 11.2. The third-order valence-corrected chi connectivity index (χ3v) is 7.76. The third kappa shape index (κ3) is 4.32. The fourth-order valence-electron chi connectivity index (χ4n) is 5.61. The van der Waals surface area contributed by atoms with Crippen molar-refractivity contribution in [1.29, 1.82) is 0 Å². The van der Waals surface area contributed by atoms with Crippen LogP contribution < -0.4 is 0 Å². The number of allylic oxidation sites excluding steroid dienone is 1. The van der Waals surface area contributed by atoms with Gasteiger partial charge in [0.2, 0.25) is 0 Å². The highest BCUT2D eigenvalue weighted by Gasteiger charge is 2.54. The van der Waals surface area contributed by atoms with Crippen LogP contribution in [0.4, 0.5) is 0 Å². The van der Waals surface area contributed by atoms with E-state index in [1.165, 1.54) is 39.0 Å². The molecule has 0 saturated heterocycles. The van der Waals surface area contributed by atoms with Crippen molar-refractivity contribution in [3.05, 3.63) is 11.6 Å². The summed E-state index contributed by atoms with van der Waals surface area (Å²) in [6.07, 6.45) is 9.29. The number of esters is 1. The lowest BCUT2D eigenvalue weighted by Gasteiger charge is -2.60. The topological polar surface area (TPSA) is 63.6 Å². The van der Waals surface area contributed by atoms with E-state index in [1.807, 2.05) is 0 Å². The van der Waals surface area contributed by atoms with Gasteiger partial charge in [-0.1, -0.05) is 46.6 Å². The molecule has 0 aromatic carbocycles. The number of carbonyl (C=O) groups excluding carboxylic acids is 1. The second-order valence-electron chi connectivity index (χ2n) is 9.25. The molecule has 0 aromatic rings. The monoisotopic (exact) mass is 364 g/mol. The van der Waals surface area contributed by atoms with Gasteiger partial charge in [0.15, 0.2) is 0 Å². The van der Waals surface area contributed by atoms with Crippen LogP contribution in [0.1, 0.15) is 79.6 Å². The lowest BCUT2D eigenvalue weighted by molar-refractivity contribution is -0.141. The molecule has 0 unspecified atom stereocenters. The average molecular weight is 365 g/mol.